The van der Waals surface area contributed by atoms with Crippen molar-refractivity contribution >= 4 is 0 Å². The zero-order valence-electron chi connectivity index (χ0n) is 17.7. The molecule has 0 saturated heterocycles. The van der Waals surface area contributed by atoms with E-state index in [0.717, 1.165) is 32.7 Å². The van der Waals surface area contributed by atoms with Gasteiger partial charge in [0.2, 0.25) is 0 Å². The fourth-order valence-corrected chi connectivity index (χ4v) is 3.30. The molecule has 0 aliphatic carbocycles. The van der Waals surface area contributed by atoms with Gasteiger partial charge < -0.3 is 9.47 Å². The van der Waals surface area contributed by atoms with Gasteiger partial charge in [-0.2, -0.15) is 0 Å². The fourth-order valence-electron chi connectivity index (χ4n) is 3.30. The van der Waals surface area contributed by atoms with Crippen LogP contribution in [0.1, 0.15) is 137 Å². The van der Waals surface area contributed by atoms with Gasteiger partial charge in [0.1, 0.15) is 0 Å². The summed E-state index contributed by atoms with van der Waals surface area (Å²) in [4.78, 5) is 0. The first-order valence-electron chi connectivity index (χ1n) is 11.5. The van der Waals surface area contributed by atoms with Gasteiger partial charge in [-0.15, -0.1) is 0 Å². The van der Waals surface area contributed by atoms with Crippen molar-refractivity contribution in [1.82, 2.24) is 0 Å². The molecule has 0 rings (SSSR count). The molecule has 0 aromatic heterocycles. The van der Waals surface area contributed by atoms with E-state index in [4.69, 9.17) is 9.47 Å². The SMILES string of the molecule is C.C.CCCCCCCCCCCCCCCCCCOCCCCOC. The maximum atomic E-state index is 5.64. The minimum atomic E-state index is 0. The lowest BCUT2D eigenvalue weighted by Crippen LogP contribution is -1.99. The molecule has 0 aromatic rings. The van der Waals surface area contributed by atoms with Crippen LogP contribution in [0, 0.1) is 0 Å². The molecule has 0 atom stereocenters. The average Bonchev–Trinajstić information content (AvgIpc) is 2.63. The Bertz CT molecular complexity index is 196. The lowest BCUT2D eigenvalue weighted by atomic mass is 10.0. The lowest BCUT2D eigenvalue weighted by molar-refractivity contribution is 0.115. The summed E-state index contributed by atoms with van der Waals surface area (Å²) < 4.78 is 10.7. The predicted octanol–water partition coefficient (Wildman–Crippen LogP) is 8.96. The van der Waals surface area contributed by atoms with Crippen LogP contribution in [-0.2, 0) is 9.47 Å². The summed E-state index contributed by atoms with van der Waals surface area (Å²) in [6.45, 7) is 5.01. The maximum absolute atomic E-state index is 5.64. The van der Waals surface area contributed by atoms with Gasteiger partial charge in [-0.3, -0.25) is 0 Å². The second-order valence-electron chi connectivity index (χ2n) is 7.62. The Hall–Kier alpha value is -0.0800. The van der Waals surface area contributed by atoms with Gasteiger partial charge in [-0.25, -0.2) is 0 Å². The van der Waals surface area contributed by atoms with E-state index in [9.17, 15) is 0 Å². The van der Waals surface area contributed by atoms with Gasteiger partial charge in [0, 0.05) is 26.9 Å². The molecule has 0 spiro atoms. The molecule has 0 N–H and O–H groups in total. The molecule has 0 aromatic carbocycles. The van der Waals surface area contributed by atoms with Crippen LogP contribution in [0.2, 0.25) is 0 Å². The van der Waals surface area contributed by atoms with E-state index in [1.807, 2.05) is 0 Å². The zero-order valence-corrected chi connectivity index (χ0v) is 17.7. The van der Waals surface area contributed by atoms with E-state index < -0.39 is 0 Å². The summed E-state index contributed by atoms with van der Waals surface area (Å²) in [5.41, 5.74) is 0. The summed E-state index contributed by atoms with van der Waals surface area (Å²) >= 11 is 0. The van der Waals surface area contributed by atoms with Gasteiger partial charge in [0.15, 0.2) is 0 Å². The van der Waals surface area contributed by atoms with Crippen LogP contribution in [0.15, 0.2) is 0 Å². The van der Waals surface area contributed by atoms with Crippen LogP contribution < -0.4 is 0 Å². The summed E-state index contributed by atoms with van der Waals surface area (Å²) in [6.07, 6.45) is 25.1. The molecule has 168 valence electrons. The van der Waals surface area contributed by atoms with Gasteiger partial charge in [-0.05, 0) is 19.3 Å². The van der Waals surface area contributed by atoms with Crippen LogP contribution in [0.4, 0.5) is 0 Å². The Balaban J connectivity index is -0.00000288. The summed E-state index contributed by atoms with van der Waals surface area (Å²) in [6, 6.07) is 0. The molecule has 27 heavy (non-hydrogen) atoms. The van der Waals surface area contributed by atoms with Crippen LogP contribution in [-0.4, -0.2) is 26.9 Å². The Morgan fingerprint density at radius 3 is 1.07 bits per heavy atom. The molecule has 0 bridgehead atoms. The Labute approximate surface area is 174 Å². The number of hydrogen-bond donors (Lipinski definition) is 0. The number of ether oxygens (including phenoxy) is 2. The van der Waals surface area contributed by atoms with Crippen molar-refractivity contribution in [2.75, 3.05) is 26.9 Å². The zero-order chi connectivity index (χ0) is 18.3. The predicted molar refractivity (Wildman–Crippen MR) is 125 cm³/mol. The van der Waals surface area contributed by atoms with E-state index >= 15 is 0 Å². The van der Waals surface area contributed by atoms with Crippen molar-refractivity contribution in [3.05, 3.63) is 0 Å². The first-order valence-corrected chi connectivity index (χ1v) is 11.5. The van der Waals surface area contributed by atoms with Crippen molar-refractivity contribution in [2.24, 2.45) is 0 Å². The van der Waals surface area contributed by atoms with Crippen molar-refractivity contribution in [2.45, 2.75) is 137 Å². The smallest absolute Gasteiger partial charge is 0.0466 e. The number of hydrogen-bond acceptors (Lipinski definition) is 2. The summed E-state index contributed by atoms with van der Waals surface area (Å²) in [5, 5.41) is 0. The molecule has 0 fully saturated rings. The Morgan fingerprint density at radius 1 is 0.407 bits per heavy atom. The fraction of sp³-hybridized carbons (Fsp3) is 1.00. The molecule has 0 saturated carbocycles. The lowest BCUT2D eigenvalue weighted by Gasteiger charge is -2.05. The van der Waals surface area contributed by atoms with Gasteiger partial charge >= 0.3 is 0 Å². The van der Waals surface area contributed by atoms with E-state index in [1.165, 1.54) is 103 Å². The molecule has 0 unspecified atom stereocenters. The second-order valence-corrected chi connectivity index (χ2v) is 7.62. The van der Waals surface area contributed by atoms with Crippen LogP contribution in [0.5, 0.6) is 0 Å². The highest BCUT2D eigenvalue weighted by Gasteiger charge is 1.95. The van der Waals surface area contributed by atoms with Crippen LogP contribution in [0.25, 0.3) is 0 Å². The molecule has 0 radical (unpaired) electrons. The number of unbranched alkanes of at least 4 members (excludes halogenated alkanes) is 16. The van der Waals surface area contributed by atoms with Crippen molar-refractivity contribution in [3.8, 4) is 0 Å². The van der Waals surface area contributed by atoms with Crippen molar-refractivity contribution in [3.63, 3.8) is 0 Å². The highest BCUT2D eigenvalue weighted by Crippen LogP contribution is 2.13. The third kappa shape index (κ3) is 30.9. The molecular weight excluding hydrogens is 332 g/mol. The molecule has 2 heteroatoms. The third-order valence-electron chi connectivity index (χ3n) is 5.03. The highest BCUT2D eigenvalue weighted by atomic mass is 16.5. The van der Waals surface area contributed by atoms with Gasteiger partial charge in [0.05, 0.1) is 0 Å². The van der Waals surface area contributed by atoms with Crippen LogP contribution >= 0.6 is 0 Å². The monoisotopic (exact) mass is 388 g/mol. The first-order chi connectivity index (χ1) is 12.4. The molecule has 2 nitrogen and oxygen atoms in total. The average molecular weight is 389 g/mol. The second kappa shape index (κ2) is 30.6. The molecule has 0 amide bonds. The van der Waals surface area contributed by atoms with Gasteiger partial charge in [0.25, 0.3) is 0 Å². The number of rotatable bonds is 22. The topological polar surface area (TPSA) is 18.5 Å². The van der Waals surface area contributed by atoms with E-state index in [1.54, 1.807) is 7.11 Å². The van der Waals surface area contributed by atoms with Crippen molar-refractivity contribution < 1.29 is 9.47 Å². The molecular formula is C25H56O2. The minimum absolute atomic E-state index is 0. The largest absolute Gasteiger partial charge is 0.385 e. The Kier molecular flexibility index (Phi) is 35.9. The highest BCUT2D eigenvalue weighted by molar-refractivity contribution is 4.50. The summed E-state index contributed by atoms with van der Waals surface area (Å²) in [5.74, 6) is 0. The molecule has 0 aliphatic rings. The minimum Gasteiger partial charge on any atom is -0.385 e. The van der Waals surface area contributed by atoms with Crippen molar-refractivity contribution in [1.29, 1.82) is 0 Å². The van der Waals surface area contributed by atoms with Crippen LogP contribution in [0.3, 0.4) is 0 Å². The van der Waals surface area contributed by atoms with E-state index in [-0.39, 0.29) is 14.9 Å². The first kappa shape index (κ1) is 31.6. The van der Waals surface area contributed by atoms with Gasteiger partial charge in [-0.1, -0.05) is 118 Å². The van der Waals surface area contributed by atoms with E-state index in [0.29, 0.717) is 0 Å². The maximum Gasteiger partial charge on any atom is 0.0466 e. The number of methoxy groups -OCH3 is 1. The third-order valence-corrected chi connectivity index (χ3v) is 5.03. The molecule has 0 heterocycles. The van der Waals surface area contributed by atoms with E-state index in [2.05, 4.69) is 6.92 Å². The quantitative estimate of drug-likeness (QED) is 0.172. The normalized spacial score (nSPS) is 10.4. The summed E-state index contributed by atoms with van der Waals surface area (Å²) in [7, 11) is 1.76. The standard InChI is InChI=1S/C23H48O2.2CH4/c1-3-4-5-6-7-8-9-10-11-12-13-14-15-16-17-18-22-25-23-20-19-21-24-2;;/h3-23H2,1-2H3;2*1H4. The molecule has 0 aliphatic heterocycles. The Morgan fingerprint density at radius 2 is 0.704 bits per heavy atom.